The van der Waals surface area contributed by atoms with Crippen molar-refractivity contribution in [2.75, 3.05) is 13.1 Å². The molecule has 1 heterocycles. The van der Waals surface area contributed by atoms with Crippen molar-refractivity contribution in [3.63, 3.8) is 0 Å². The molecule has 106 valence electrons. The van der Waals surface area contributed by atoms with Gasteiger partial charge in [0.2, 0.25) is 0 Å². The zero-order chi connectivity index (χ0) is 13.6. The molecule has 0 N–H and O–H groups in total. The Morgan fingerprint density at radius 2 is 1.89 bits per heavy atom. The minimum absolute atomic E-state index is 0.935. The second-order valence-electron chi connectivity index (χ2n) is 5.17. The topological polar surface area (TPSA) is 95.2 Å². The van der Waals surface area contributed by atoms with Gasteiger partial charge in [-0.05, 0) is 19.3 Å². The van der Waals surface area contributed by atoms with Gasteiger partial charge in [0.1, 0.15) is 19.3 Å². The van der Waals surface area contributed by atoms with Crippen LogP contribution in [-0.2, 0) is 0 Å². The molecule has 0 radical (unpaired) electrons. The number of nitrogens with zero attached hydrogens (tertiary/aromatic N) is 1. The zero-order valence-corrected chi connectivity index (χ0v) is 11.6. The fourth-order valence-electron chi connectivity index (χ4n) is 2.85. The first-order chi connectivity index (χ1) is 8.38. The predicted molar refractivity (Wildman–Crippen MR) is 56.4 cm³/mol. The molecule has 0 spiro atoms. The monoisotopic (exact) mass is 279 g/mol. The minimum atomic E-state index is -4.94. The molecule has 18 heavy (non-hydrogen) atoms. The number of halogens is 1. The largest absolute Gasteiger partial charge is 0.239 e. The molecule has 1 fully saturated rings. The first-order valence-corrected chi connectivity index (χ1v) is 7.82. The van der Waals surface area contributed by atoms with Gasteiger partial charge in [-0.2, -0.15) is 0 Å². The lowest BCUT2D eigenvalue weighted by Gasteiger charge is -2.29. The Hall–Kier alpha value is -0.200. The van der Waals surface area contributed by atoms with Crippen LogP contribution in [0.4, 0.5) is 0 Å². The van der Waals surface area contributed by atoms with Gasteiger partial charge in [0.25, 0.3) is 0 Å². The third-order valence-electron chi connectivity index (χ3n) is 3.54. The van der Waals surface area contributed by atoms with E-state index in [9.17, 15) is 0 Å². The predicted octanol–water partition coefficient (Wildman–Crippen LogP) is -2.07. The fourth-order valence-corrected chi connectivity index (χ4v) is 2.85. The number of hydrogen-bond acceptors (Lipinski definition) is 4. The van der Waals surface area contributed by atoms with Crippen LogP contribution in [0.15, 0.2) is 0 Å². The highest BCUT2D eigenvalue weighted by atomic mass is 35.7. The summed E-state index contributed by atoms with van der Waals surface area (Å²) in [7, 11) is -4.94. The van der Waals surface area contributed by atoms with Crippen LogP contribution in [0.2, 0.25) is 0 Å². The van der Waals surface area contributed by atoms with Crippen molar-refractivity contribution in [3.8, 4) is 0 Å². The Morgan fingerprint density at radius 1 is 1.22 bits per heavy atom. The van der Waals surface area contributed by atoms with Gasteiger partial charge in [-0.1, -0.05) is 19.8 Å². The Bertz CT molecular complexity index is 272. The fraction of sp³-hybridized carbons (Fsp3) is 0.917. The maximum atomic E-state index is 8.49. The van der Waals surface area contributed by atoms with E-state index in [1.165, 1.54) is 51.6 Å². The van der Waals surface area contributed by atoms with E-state index >= 15 is 0 Å². The molecule has 6 heteroatoms. The Labute approximate surface area is 110 Å². The van der Waals surface area contributed by atoms with Crippen molar-refractivity contribution in [1.82, 2.24) is 0 Å². The Balaban J connectivity index is 0.000000280. The van der Waals surface area contributed by atoms with Crippen LogP contribution in [0.25, 0.3) is 0 Å². The molecule has 0 saturated heterocycles. The number of hydrogen-bond donors (Lipinski definition) is 0. The molecule has 0 aromatic carbocycles. The highest BCUT2D eigenvalue weighted by Crippen LogP contribution is 2.30. The molecule has 1 aliphatic carbocycles. The van der Waals surface area contributed by atoms with Crippen LogP contribution >= 0.6 is 0 Å². The van der Waals surface area contributed by atoms with Gasteiger partial charge in [-0.25, -0.2) is 23.2 Å². The first kappa shape index (κ1) is 15.9. The zero-order valence-electron chi connectivity index (χ0n) is 10.8. The molecule has 0 aromatic rings. The summed E-state index contributed by atoms with van der Waals surface area (Å²) in [5.41, 5.74) is 0. The van der Waals surface area contributed by atoms with E-state index in [1.54, 1.807) is 0 Å². The minimum Gasteiger partial charge on any atom is -0.239 e. The summed E-state index contributed by atoms with van der Waals surface area (Å²) in [4.78, 5) is 0. The SMILES string of the molecule is CCCC[N+]1=CC2CCCC(C2)C1.[O-][Cl+3]([O-])([O-])[O-]. The molecule has 0 aromatic heterocycles. The molecule has 2 unspecified atom stereocenters. The van der Waals surface area contributed by atoms with Crippen LogP contribution < -0.4 is 18.6 Å². The molecule has 2 rings (SSSR count). The average Bonchev–Trinajstić information content (AvgIpc) is 2.23. The molecule has 5 nitrogen and oxygen atoms in total. The van der Waals surface area contributed by atoms with Crippen LogP contribution in [0.3, 0.4) is 0 Å². The summed E-state index contributed by atoms with van der Waals surface area (Å²) in [5.74, 6) is 1.96. The van der Waals surface area contributed by atoms with E-state index in [4.69, 9.17) is 18.6 Å². The van der Waals surface area contributed by atoms with Gasteiger partial charge in [0.15, 0.2) is 0 Å². The van der Waals surface area contributed by atoms with Crippen LogP contribution in [0.1, 0.15) is 45.4 Å². The van der Waals surface area contributed by atoms with Crippen LogP contribution in [0.5, 0.6) is 0 Å². The van der Waals surface area contributed by atoms with Crippen LogP contribution in [-0.4, -0.2) is 23.9 Å². The van der Waals surface area contributed by atoms with Gasteiger partial charge < -0.3 is 0 Å². The summed E-state index contributed by atoms with van der Waals surface area (Å²) in [6.07, 6.45) is 11.2. The van der Waals surface area contributed by atoms with E-state index in [1.807, 2.05) is 0 Å². The summed E-state index contributed by atoms with van der Waals surface area (Å²) in [5, 5.41) is 0. The summed E-state index contributed by atoms with van der Waals surface area (Å²) in [6.45, 7) is 4.95. The highest BCUT2D eigenvalue weighted by Gasteiger charge is 2.30. The first-order valence-electron chi connectivity index (χ1n) is 6.59. The lowest BCUT2D eigenvalue weighted by Crippen LogP contribution is -2.68. The smallest absolute Gasteiger partial charge is 0.145 e. The van der Waals surface area contributed by atoms with Crippen molar-refractivity contribution in [3.05, 3.63) is 0 Å². The summed E-state index contributed by atoms with van der Waals surface area (Å²) < 4.78 is 36.6. The standard InChI is InChI=1S/C12H22N.ClHO4/c1-2-3-7-13-9-11-5-4-6-12(8-11)10-13;2-1(3,4)5/h9,11-12H,2-8,10H2,1H3;(H,2,3,4,5)/q+1;/p-1. The van der Waals surface area contributed by atoms with Crippen molar-refractivity contribution in [2.45, 2.75) is 45.4 Å². The maximum absolute atomic E-state index is 8.49. The van der Waals surface area contributed by atoms with Gasteiger partial charge in [0.05, 0.1) is 0 Å². The molecular formula is C12H22ClNO4. The normalized spacial score (nSPS) is 27.1. The quantitative estimate of drug-likeness (QED) is 0.555. The van der Waals surface area contributed by atoms with Crippen LogP contribution in [0, 0.1) is 22.1 Å². The summed E-state index contributed by atoms with van der Waals surface area (Å²) >= 11 is 0. The van der Waals surface area contributed by atoms with E-state index < -0.39 is 10.2 Å². The van der Waals surface area contributed by atoms with E-state index in [-0.39, 0.29) is 0 Å². The molecular weight excluding hydrogens is 258 g/mol. The second-order valence-corrected chi connectivity index (χ2v) is 5.92. The lowest BCUT2D eigenvalue weighted by molar-refractivity contribution is -2.00. The van der Waals surface area contributed by atoms with Crippen molar-refractivity contribution < 1.29 is 33.5 Å². The van der Waals surface area contributed by atoms with Crippen molar-refractivity contribution in [2.24, 2.45) is 11.8 Å². The Morgan fingerprint density at radius 3 is 2.44 bits per heavy atom. The second kappa shape index (κ2) is 7.40. The van der Waals surface area contributed by atoms with Gasteiger partial charge in [0, 0.05) is 18.3 Å². The third-order valence-corrected chi connectivity index (χ3v) is 3.54. The van der Waals surface area contributed by atoms with Gasteiger partial charge >= 0.3 is 0 Å². The molecule has 0 amide bonds. The lowest BCUT2D eigenvalue weighted by atomic mass is 9.80. The molecule has 2 aliphatic rings. The third kappa shape index (κ3) is 7.28. The molecule has 2 bridgehead atoms. The van der Waals surface area contributed by atoms with Crippen molar-refractivity contribution >= 4 is 6.21 Å². The average molecular weight is 280 g/mol. The molecule has 1 saturated carbocycles. The summed E-state index contributed by atoms with van der Waals surface area (Å²) in [6, 6.07) is 0. The van der Waals surface area contributed by atoms with Gasteiger partial charge in [-0.15, -0.1) is 10.2 Å². The van der Waals surface area contributed by atoms with Crippen molar-refractivity contribution in [1.29, 1.82) is 0 Å². The van der Waals surface area contributed by atoms with E-state index in [0.717, 1.165) is 11.8 Å². The van der Waals surface area contributed by atoms with E-state index in [0.29, 0.717) is 0 Å². The number of rotatable bonds is 3. The molecule has 2 atom stereocenters. The highest BCUT2D eigenvalue weighted by molar-refractivity contribution is 5.56. The number of fused-ring (bicyclic) bond motifs is 2. The Kier molecular flexibility index (Phi) is 6.52. The van der Waals surface area contributed by atoms with E-state index in [2.05, 4.69) is 17.7 Å². The molecule has 1 aliphatic heterocycles. The number of unbranched alkanes of at least 4 members (excludes halogenated alkanes) is 1. The van der Waals surface area contributed by atoms with Gasteiger partial charge in [-0.3, -0.25) is 0 Å². The maximum Gasteiger partial charge on any atom is 0.145 e.